The molecule has 0 bridgehead atoms. The van der Waals surface area contributed by atoms with Crippen molar-refractivity contribution in [1.29, 1.82) is 0 Å². The molecule has 0 saturated heterocycles. The monoisotopic (exact) mass is 452 g/mol. The van der Waals surface area contributed by atoms with Crippen molar-refractivity contribution in [2.75, 3.05) is 12.6 Å². The van der Waals surface area contributed by atoms with E-state index in [-0.39, 0.29) is 0 Å². The fraction of sp³-hybridized carbons (Fsp3) is 0.667. The van der Waals surface area contributed by atoms with Crippen LogP contribution in [0.5, 0.6) is 0 Å². The van der Waals surface area contributed by atoms with E-state index in [1.807, 2.05) is 11.6 Å². The van der Waals surface area contributed by atoms with Gasteiger partial charge in [0.05, 0.1) is 20.7 Å². The number of imidazole rings is 1. The molecule has 6 nitrogen and oxygen atoms in total. The topological polar surface area (TPSA) is 55.9 Å². The lowest BCUT2D eigenvalue weighted by Crippen LogP contribution is -2.49. The quantitative estimate of drug-likeness (QED) is 0.330. The predicted octanol–water partition coefficient (Wildman–Crippen LogP) is 5.75. The highest BCUT2D eigenvalue weighted by atomic mass is 16.6. The molecule has 2 aliphatic carbocycles. The molecule has 6 heteroatoms. The molecule has 0 radical (unpaired) electrons. The maximum absolute atomic E-state index is 5.13. The van der Waals surface area contributed by atoms with E-state index >= 15 is 0 Å². The molecule has 180 valence electrons. The minimum absolute atomic E-state index is 0.390. The molecule has 0 aromatic carbocycles. The summed E-state index contributed by atoms with van der Waals surface area (Å²) in [5.74, 6) is 2.26. The summed E-state index contributed by atoms with van der Waals surface area (Å²) in [5.41, 5.74) is 8.62. The average Bonchev–Trinajstić information content (AvgIpc) is 3.12. The molecule has 2 aliphatic rings. The van der Waals surface area contributed by atoms with Gasteiger partial charge in [-0.1, -0.05) is 49.1 Å². The summed E-state index contributed by atoms with van der Waals surface area (Å²) in [6.45, 7) is 13.1. The first kappa shape index (κ1) is 23.9. The first-order valence-electron chi connectivity index (χ1n) is 12.5. The molecule has 0 spiro atoms. The van der Waals surface area contributed by atoms with Crippen LogP contribution in [-0.2, 0) is 18.4 Å². The zero-order valence-electron chi connectivity index (χ0n) is 21.6. The van der Waals surface area contributed by atoms with Crippen LogP contribution in [0.15, 0.2) is 36.0 Å². The van der Waals surface area contributed by atoms with E-state index in [1.165, 1.54) is 37.7 Å². The summed E-state index contributed by atoms with van der Waals surface area (Å²) in [4.78, 5) is 13.9. The van der Waals surface area contributed by atoms with Gasteiger partial charge >= 0.3 is 5.65 Å². The highest BCUT2D eigenvalue weighted by Gasteiger charge is 2.52. The number of aromatic nitrogens is 4. The van der Waals surface area contributed by atoms with Crippen molar-refractivity contribution < 1.29 is 9.40 Å². The number of anilines is 1. The lowest BCUT2D eigenvalue weighted by molar-refractivity contribution is -0.647. The number of nitrogens with zero attached hydrogens (tertiary/aromatic N) is 4. The van der Waals surface area contributed by atoms with Gasteiger partial charge in [0.1, 0.15) is 0 Å². The number of fused-ring (bicyclic) bond motifs is 2. The van der Waals surface area contributed by atoms with Gasteiger partial charge in [0.25, 0.3) is 0 Å². The fourth-order valence-electron chi connectivity index (χ4n) is 6.68. The van der Waals surface area contributed by atoms with Crippen molar-refractivity contribution >= 4 is 17.0 Å². The number of hydrogen-bond acceptors (Lipinski definition) is 4. The van der Waals surface area contributed by atoms with Crippen molar-refractivity contribution in [3.63, 3.8) is 0 Å². The van der Waals surface area contributed by atoms with Gasteiger partial charge in [-0.15, -0.1) is 0 Å². The molecule has 2 heterocycles. The molecule has 0 aliphatic heterocycles. The van der Waals surface area contributed by atoms with E-state index < -0.39 is 0 Å². The Hall–Kier alpha value is -2.21. The van der Waals surface area contributed by atoms with Gasteiger partial charge in [-0.05, 0) is 75.0 Å². The van der Waals surface area contributed by atoms with Crippen molar-refractivity contribution in [3.8, 4) is 0 Å². The van der Waals surface area contributed by atoms with Crippen LogP contribution in [0.25, 0.3) is 11.2 Å². The lowest BCUT2D eigenvalue weighted by atomic mass is 9.47. The Kier molecular flexibility index (Phi) is 6.68. The van der Waals surface area contributed by atoms with E-state index in [4.69, 9.17) is 4.84 Å². The summed E-state index contributed by atoms with van der Waals surface area (Å²) in [6, 6.07) is 0. The third-order valence-electron chi connectivity index (χ3n) is 9.22. The van der Waals surface area contributed by atoms with Crippen LogP contribution in [0.2, 0.25) is 0 Å². The highest BCUT2D eigenvalue weighted by Crippen LogP contribution is 2.61. The van der Waals surface area contributed by atoms with E-state index in [1.54, 1.807) is 19.0 Å². The van der Waals surface area contributed by atoms with Crippen LogP contribution in [0.3, 0.4) is 0 Å². The van der Waals surface area contributed by atoms with Gasteiger partial charge in [0.2, 0.25) is 5.52 Å². The van der Waals surface area contributed by atoms with Crippen LogP contribution in [0.1, 0.15) is 73.1 Å². The Morgan fingerprint density at radius 1 is 1.33 bits per heavy atom. The lowest BCUT2D eigenvalue weighted by Gasteiger charge is -2.58. The summed E-state index contributed by atoms with van der Waals surface area (Å²) in [5, 5.41) is 0. The van der Waals surface area contributed by atoms with Gasteiger partial charge in [-0.25, -0.2) is 10.0 Å². The Morgan fingerprint density at radius 3 is 2.88 bits per heavy atom. The van der Waals surface area contributed by atoms with E-state index in [0.29, 0.717) is 16.6 Å². The average molecular weight is 453 g/mol. The maximum Gasteiger partial charge on any atom is 0.307 e. The third-order valence-corrected chi connectivity index (χ3v) is 9.22. The highest BCUT2D eigenvalue weighted by molar-refractivity contribution is 5.80. The standard InChI is InChI=1S/C27H42N5O/c1-19(13-16-32-18-31(6)25-23(32)24(30-33-7)28-17-29-25)11-14-26(4)21(3)12-15-27(5)20(2)9-8-10-22(26)27/h9,13,17-18,21-22H,8,10-12,14-16H2,1-7H3,(H,28,29,30)/q+1/b19-13+/t21-,22-,26+,27+/m1/s1. The normalized spacial score (nSPS) is 30.3. The van der Waals surface area contributed by atoms with Gasteiger partial charge in [0.15, 0.2) is 18.5 Å². The number of rotatable bonds is 7. The fourth-order valence-corrected chi connectivity index (χ4v) is 6.68. The molecule has 1 saturated carbocycles. The molecule has 0 unspecified atom stereocenters. The van der Waals surface area contributed by atoms with Gasteiger partial charge in [-0.2, -0.15) is 4.98 Å². The van der Waals surface area contributed by atoms with Crippen molar-refractivity contribution in [2.45, 2.75) is 79.7 Å². The number of hydrogen-bond donors (Lipinski definition) is 1. The first-order valence-corrected chi connectivity index (χ1v) is 12.5. The molecule has 2 aromatic rings. The zero-order valence-corrected chi connectivity index (χ0v) is 21.6. The Morgan fingerprint density at radius 2 is 2.12 bits per heavy atom. The smallest absolute Gasteiger partial charge is 0.278 e. The Bertz CT molecular complexity index is 1070. The minimum atomic E-state index is 0.390. The molecule has 4 atom stereocenters. The Labute approximate surface area is 199 Å². The summed E-state index contributed by atoms with van der Waals surface area (Å²) >= 11 is 0. The molecule has 4 rings (SSSR count). The molecule has 2 aromatic heterocycles. The van der Waals surface area contributed by atoms with Crippen LogP contribution in [-0.4, -0.2) is 21.6 Å². The third kappa shape index (κ3) is 4.23. The van der Waals surface area contributed by atoms with E-state index in [2.05, 4.69) is 73.1 Å². The molecule has 1 N–H and O–H groups in total. The van der Waals surface area contributed by atoms with Crippen LogP contribution >= 0.6 is 0 Å². The SMILES string of the molecule is CONc1ncnc2c1n(C/C=C(\C)CC[C@@]1(C)[C@H](C)CC[C@@]3(C)C(C)=CCC[C@H]13)c[n+]2C. The van der Waals surface area contributed by atoms with Crippen molar-refractivity contribution in [2.24, 2.45) is 29.7 Å². The molecular formula is C27H42N5O+. The number of aryl methyl sites for hydroxylation is 1. The Balaban J connectivity index is 1.51. The van der Waals surface area contributed by atoms with Crippen LogP contribution in [0, 0.1) is 22.7 Å². The van der Waals surface area contributed by atoms with Gasteiger partial charge in [0, 0.05) is 0 Å². The van der Waals surface area contributed by atoms with Crippen molar-refractivity contribution in [3.05, 3.63) is 36.0 Å². The number of nitrogens with one attached hydrogen (secondary N) is 1. The van der Waals surface area contributed by atoms with E-state index in [9.17, 15) is 0 Å². The second kappa shape index (κ2) is 9.21. The number of allylic oxidation sites excluding steroid dienone is 4. The second-order valence-electron chi connectivity index (χ2n) is 11.0. The molecule has 33 heavy (non-hydrogen) atoms. The summed E-state index contributed by atoms with van der Waals surface area (Å²) < 4.78 is 4.23. The molecule has 0 amide bonds. The largest absolute Gasteiger partial charge is 0.307 e. The maximum atomic E-state index is 5.13. The molecule has 1 fully saturated rings. The first-order chi connectivity index (χ1) is 15.7. The van der Waals surface area contributed by atoms with Crippen molar-refractivity contribution in [1.82, 2.24) is 14.5 Å². The van der Waals surface area contributed by atoms with Crippen LogP contribution < -0.4 is 10.0 Å². The molecular weight excluding hydrogens is 410 g/mol. The van der Waals surface area contributed by atoms with E-state index in [0.717, 1.165) is 36.0 Å². The van der Waals surface area contributed by atoms with Gasteiger partial charge < -0.3 is 0 Å². The van der Waals surface area contributed by atoms with Gasteiger partial charge in [-0.3, -0.25) is 9.40 Å². The van der Waals surface area contributed by atoms with Crippen LogP contribution in [0.4, 0.5) is 5.82 Å². The predicted molar refractivity (Wildman–Crippen MR) is 133 cm³/mol. The minimum Gasteiger partial charge on any atom is -0.278 e. The summed E-state index contributed by atoms with van der Waals surface area (Å²) in [6.07, 6.45) is 16.2. The zero-order chi connectivity index (χ0) is 23.8. The second-order valence-corrected chi connectivity index (χ2v) is 11.0. The summed E-state index contributed by atoms with van der Waals surface area (Å²) in [7, 11) is 3.62.